The van der Waals surface area contributed by atoms with E-state index >= 15 is 0 Å². The Morgan fingerprint density at radius 3 is 2.50 bits per heavy atom. The fourth-order valence-corrected chi connectivity index (χ4v) is 1.84. The SMILES string of the molecule is O=C(O)CCC(O[SiH3])C(=O)OCc1ccccc1. The summed E-state index contributed by atoms with van der Waals surface area (Å²) in [4.78, 5) is 22.1. The zero-order chi connectivity index (χ0) is 13.4. The van der Waals surface area contributed by atoms with Gasteiger partial charge >= 0.3 is 11.9 Å². The lowest BCUT2D eigenvalue weighted by atomic mass is 10.2. The number of aliphatic carboxylic acids is 1. The van der Waals surface area contributed by atoms with Crippen LogP contribution in [0.15, 0.2) is 30.3 Å². The molecule has 1 aromatic carbocycles. The maximum Gasteiger partial charge on any atom is 0.334 e. The van der Waals surface area contributed by atoms with Crippen LogP contribution in [-0.4, -0.2) is 33.6 Å². The minimum atomic E-state index is -0.949. The van der Waals surface area contributed by atoms with Gasteiger partial charge < -0.3 is 14.3 Å². The van der Waals surface area contributed by atoms with Gasteiger partial charge in [-0.05, 0) is 12.0 Å². The Hall–Kier alpha value is -1.66. The van der Waals surface area contributed by atoms with Crippen molar-refractivity contribution in [3.63, 3.8) is 0 Å². The van der Waals surface area contributed by atoms with Gasteiger partial charge in [0, 0.05) is 6.42 Å². The van der Waals surface area contributed by atoms with Gasteiger partial charge in [0.15, 0.2) is 0 Å². The molecule has 0 heterocycles. The number of benzene rings is 1. The van der Waals surface area contributed by atoms with E-state index in [0.717, 1.165) is 5.56 Å². The highest BCUT2D eigenvalue weighted by molar-refractivity contribution is 5.99. The highest BCUT2D eigenvalue weighted by Crippen LogP contribution is 2.07. The average molecular weight is 268 g/mol. The Kier molecular flexibility index (Phi) is 6.10. The lowest BCUT2D eigenvalue weighted by Gasteiger charge is -2.14. The maximum absolute atomic E-state index is 11.6. The highest BCUT2D eigenvalue weighted by atomic mass is 28.2. The van der Waals surface area contributed by atoms with Crippen LogP contribution in [0.1, 0.15) is 18.4 Å². The molecule has 6 heteroatoms. The van der Waals surface area contributed by atoms with Gasteiger partial charge in [0.05, 0.1) is 0 Å². The van der Waals surface area contributed by atoms with Crippen LogP contribution >= 0.6 is 0 Å². The summed E-state index contributed by atoms with van der Waals surface area (Å²) in [5.41, 5.74) is 0.885. The molecule has 1 rings (SSSR count). The van der Waals surface area contributed by atoms with Gasteiger partial charge in [0.2, 0.25) is 0 Å². The van der Waals surface area contributed by atoms with Gasteiger partial charge in [-0.3, -0.25) is 4.79 Å². The number of hydrogen-bond acceptors (Lipinski definition) is 4. The summed E-state index contributed by atoms with van der Waals surface area (Å²) in [7, 11) is 0.364. The van der Waals surface area contributed by atoms with Crippen LogP contribution in [0.5, 0.6) is 0 Å². The monoisotopic (exact) mass is 268 g/mol. The number of carbonyl (C=O) groups excluding carboxylic acids is 1. The van der Waals surface area contributed by atoms with Crippen LogP contribution in [0, 0.1) is 0 Å². The van der Waals surface area contributed by atoms with E-state index in [1.54, 1.807) is 0 Å². The van der Waals surface area contributed by atoms with Crippen LogP contribution in [0.2, 0.25) is 0 Å². The van der Waals surface area contributed by atoms with Crippen LogP contribution < -0.4 is 0 Å². The molecule has 0 saturated carbocycles. The quantitative estimate of drug-likeness (QED) is 0.567. The van der Waals surface area contributed by atoms with Crippen LogP contribution in [0.4, 0.5) is 0 Å². The number of carbonyl (C=O) groups is 2. The minimum absolute atomic E-state index is 0.104. The highest BCUT2D eigenvalue weighted by Gasteiger charge is 2.19. The zero-order valence-corrected chi connectivity index (χ0v) is 12.2. The van der Waals surface area contributed by atoms with E-state index in [4.69, 9.17) is 14.3 Å². The van der Waals surface area contributed by atoms with E-state index in [2.05, 4.69) is 0 Å². The molecule has 0 aliphatic heterocycles. The standard InChI is InChI=1S/C12H16O5Si/c13-11(14)7-6-10(17-18)12(15)16-8-9-4-2-1-3-5-9/h1-5,10H,6-8H2,18H3,(H,13,14). The second-order valence-corrected chi connectivity index (χ2v) is 4.22. The number of rotatable bonds is 7. The lowest BCUT2D eigenvalue weighted by Crippen LogP contribution is -2.26. The first-order valence-electron chi connectivity index (χ1n) is 5.58. The Labute approximate surface area is 108 Å². The average Bonchev–Trinajstić information content (AvgIpc) is 2.38. The molecule has 0 saturated heterocycles. The fourth-order valence-electron chi connectivity index (χ4n) is 1.41. The Morgan fingerprint density at radius 1 is 1.28 bits per heavy atom. The Bertz CT molecular complexity index is 393. The third-order valence-corrected chi connectivity index (χ3v) is 2.96. The summed E-state index contributed by atoms with van der Waals surface area (Å²) in [6.45, 7) is 0.175. The minimum Gasteiger partial charge on any atom is -0.481 e. The Morgan fingerprint density at radius 2 is 1.94 bits per heavy atom. The zero-order valence-electron chi connectivity index (χ0n) is 10.2. The van der Waals surface area contributed by atoms with E-state index in [1.807, 2.05) is 30.3 Å². The third kappa shape index (κ3) is 5.11. The normalized spacial score (nSPS) is 12.0. The number of esters is 1. The van der Waals surface area contributed by atoms with Crippen molar-refractivity contribution < 1.29 is 23.9 Å². The first kappa shape index (κ1) is 14.4. The molecule has 0 radical (unpaired) electrons. The number of ether oxygens (including phenoxy) is 1. The smallest absolute Gasteiger partial charge is 0.334 e. The first-order chi connectivity index (χ1) is 8.63. The summed E-state index contributed by atoms with van der Waals surface area (Å²) in [6.07, 6.45) is -0.726. The fraction of sp³-hybridized carbons (Fsp3) is 0.333. The number of carboxylic acids is 1. The third-order valence-electron chi connectivity index (χ3n) is 2.39. The van der Waals surface area contributed by atoms with Crippen LogP contribution in [0.3, 0.4) is 0 Å². The van der Waals surface area contributed by atoms with E-state index in [9.17, 15) is 9.59 Å². The Balaban J connectivity index is 2.40. The molecule has 0 aliphatic rings. The number of carboxylic acid groups (broad SMARTS) is 1. The molecule has 0 aliphatic carbocycles. The van der Waals surface area contributed by atoms with E-state index in [0.29, 0.717) is 10.5 Å². The molecular formula is C12H16O5Si. The molecule has 1 aromatic rings. The van der Waals surface area contributed by atoms with Crippen LogP contribution in [0.25, 0.3) is 0 Å². The largest absolute Gasteiger partial charge is 0.481 e. The summed E-state index contributed by atoms with van der Waals surface area (Å²) < 4.78 is 10.1. The molecule has 0 aromatic heterocycles. The first-order valence-corrected chi connectivity index (χ1v) is 6.40. The van der Waals surface area contributed by atoms with Gasteiger partial charge in [-0.1, -0.05) is 30.3 Å². The van der Waals surface area contributed by atoms with Crippen molar-refractivity contribution in [1.29, 1.82) is 0 Å². The van der Waals surface area contributed by atoms with E-state index in [-0.39, 0.29) is 19.4 Å². The molecular weight excluding hydrogens is 252 g/mol. The summed E-state index contributed by atoms with van der Waals surface area (Å²) >= 11 is 0. The molecule has 0 bridgehead atoms. The molecule has 1 N–H and O–H groups in total. The molecule has 5 nitrogen and oxygen atoms in total. The van der Waals surface area contributed by atoms with Gasteiger partial charge in [0.25, 0.3) is 0 Å². The predicted molar refractivity (Wildman–Crippen MR) is 67.9 cm³/mol. The van der Waals surface area contributed by atoms with Gasteiger partial charge in [-0.25, -0.2) is 4.79 Å². The van der Waals surface area contributed by atoms with Gasteiger partial charge in [-0.15, -0.1) is 0 Å². The molecule has 18 heavy (non-hydrogen) atoms. The van der Waals surface area contributed by atoms with Crippen molar-refractivity contribution in [2.45, 2.75) is 25.6 Å². The predicted octanol–water partition coefficient (Wildman–Crippen LogP) is 0.260. The summed E-state index contributed by atoms with van der Waals surface area (Å²) in [5, 5.41) is 8.55. The second kappa shape index (κ2) is 7.62. The molecule has 98 valence electrons. The van der Waals surface area contributed by atoms with Crippen molar-refractivity contribution in [3.8, 4) is 0 Å². The summed E-state index contributed by atoms with van der Waals surface area (Å²) in [5.74, 6) is -1.45. The second-order valence-electron chi connectivity index (χ2n) is 3.75. The molecule has 1 unspecified atom stereocenters. The topological polar surface area (TPSA) is 72.8 Å². The van der Waals surface area contributed by atoms with E-state index < -0.39 is 18.0 Å². The van der Waals surface area contributed by atoms with Crippen molar-refractivity contribution in [2.24, 2.45) is 0 Å². The van der Waals surface area contributed by atoms with Crippen molar-refractivity contribution in [2.75, 3.05) is 0 Å². The van der Waals surface area contributed by atoms with Crippen molar-refractivity contribution in [1.82, 2.24) is 0 Å². The van der Waals surface area contributed by atoms with Crippen molar-refractivity contribution >= 4 is 22.4 Å². The van der Waals surface area contributed by atoms with Crippen LogP contribution in [-0.2, 0) is 25.4 Å². The molecule has 0 spiro atoms. The molecule has 1 atom stereocenters. The summed E-state index contributed by atoms with van der Waals surface area (Å²) in [6, 6.07) is 9.28. The lowest BCUT2D eigenvalue weighted by molar-refractivity contribution is -0.154. The van der Waals surface area contributed by atoms with E-state index in [1.165, 1.54) is 0 Å². The number of hydrogen-bond donors (Lipinski definition) is 1. The van der Waals surface area contributed by atoms with Gasteiger partial charge in [-0.2, -0.15) is 0 Å². The molecule has 0 amide bonds. The van der Waals surface area contributed by atoms with Crippen molar-refractivity contribution in [3.05, 3.63) is 35.9 Å². The van der Waals surface area contributed by atoms with Gasteiger partial charge in [0.1, 0.15) is 23.2 Å². The molecule has 0 fully saturated rings. The maximum atomic E-state index is 11.6.